The fourth-order valence-electron chi connectivity index (χ4n) is 6.29. The van der Waals surface area contributed by atoms with Crippen LogP contribution in [0.5, 0.6) is 0 Å². The lowest BCUT2D eigenvalue weighted by Crippen LogP contribution is -2.61. The number of carbonyl (C=O) groups is 2. The van der Waals surface area contributed by atoms with Gasteiger partial charge in [-0.05, 0) is 25.1 Å². The smallest absolute Gasteiger partial charge is 0.417 e. The van der Waals surface area contributed by atoms with E-state index in [-0.39, 0.29) is 12.3 Å². The number of benzene rings is 1. The summed E-state index contributed by atoms with van der Waals surface area (Å²) in [6, 6.07) is 4.19. The predicted octanol–water partition coefficient (Wildman–Crippen LogP) is 2.81. The molecule has 1 N–H and O–H groups in total. The Morgan fingerprint density at radius 3 is 2.75 bits per heavy atom. The summed E-state index contributed by atoms with van der Waals surface area (Å²) < 4.78 is 52.9. The molecule has 8 nitrogen and oxygen atoms in total. The molecule has 5 rings (SSSR count). The van der Waals surface area contributed by atoms with Gasteiger partial charge in [0.15, 0.2) is 0 Å². The fourth-order valence-corrected chi connectivity index (χ4v) is 6.29. The summed E-state index contributed by atoms with van der Waals surface area (Å²) in [6.45, 7) is 1.92. The van der Waals surface area contributed by atoms with E-state index in [0.29, 0.717) is 12.8 Å². The van der Waals surface area contributed by atoms with Gasteiger partial charge in [0.1, 0.15) is 6.23 Å². The monoisotopic (exact) mass is 451 g/mol. The van der Waals surface area contributed by atoms with Crippen molar-refractivity contribution in [3.05, 3.63) is 29.3 Å². The number of carbonyl (C=O) groups excluding carboxylic acids is 1. The van der Waals surface area contributed by atoms with E-state index >= 15 is 0 Å². The molecule has 4 heterocycles. The molecule has 0 saturated carbocycles. The number of halogens is 3. The molecule has 11 heteroatoms. The third-order valence-electron chi connectivity index (χ3n) is 7.49. The quantitative estimate of drug-likeness (QED) is 0.742. The number of hydrogen-bond donors (Lipinski definition) is 1. The number of amides is 2. The van der Waals surface area contributed by atoms with Gasteiger partial charge in [0.25, 0.3) is 0 Å². The summed E-state index contributed by atoms with van der Waals surface area (Å²) in [5.41, 5.74) is -3.59. The first-order chi connectivity index (χ1) is 14.9. The second-order valence-electron chi connectivity index (χ2n) is 9.05. The standard InChI is InChI=1S/C21H20F3N3O5/c1-19-8-13(26(2)18(29)30)20(32-19)5-6-31-17-15(20)14(19)16(28)27(17)11-4-3-10(9-25)12(7-11)21(22,23)24/h3-4,7,13-15,17H,5-6,8H2,1-2H3,(H,29,30)/t13-,14-,15+,17+,19-,20+/m0/s1. The second-order valence-corrected chi connectivity index (χ2v) is 9.05. The van der Waals surface area contributed by atoms with E-state index in [1.165, 1.54) is 29.0 Å². The molecule has 32 heavy (non-hydrogen) atoms. The molecule has 4 aliphatic heterocycles. The third-order valence-corrected chi connectivity index (χ3v) is 7.49. The molecule has 0 radical (unpaired) electrons. The minimum Gasteiger partial charge on any atom is -0.465 e. The summed E-state index contributed by atoms with van der Waals surface area (Å²) >= 11 is 0. The van der Waals surface area contributed by atoms with Crippen LogP contribution in [0.3, 0.4) is 0 Å². The first-order valence-corrected chi connectivity index (χ1v) is 10.2. The molecule has 2 bridgehead atoms. The molecule has 1 spiro atoms. The Labute approximate surface area is 181 Å². The van der Waals surface area contributed by atoms with Gasteiger partial charge < -0.3 is 19.5 Å². The molecule has 170 valence electrons. The maximum Gasteiger partial charge on any atom is 0.417 e. The average Bonchev–Trinajstić information content (AvgIpc) is 3.30. The average molecular weight is 451 g/mol. The van der Waals surface area contributed by atoms with Crippen LogP contribution in [0.2, 0.25) is 0 Å². The van der Waals surface area contributed by atoms with Gasteiger partial charge in [-0.15, -0.1) is 0 Å². The first kappa shape index (κ1) is 21.0. The van der Waals surface area contributed by atoms with E-state index in [4.69, 9.17) is 14.7 Å². The van der Waals surface area contributed by atoms with Crippen molar-refractivity contribution in [1.29, 1.82) is 5.26 Å². The molecule has 1 aromatic rings. The highest BCUT2D eigenvalue weighted by atomic mass is 19.4. The van der Waals surface area contributed by atoms with E-state index < -0.39 is 64.6 Å². The zero-order chi connectivity index (χ0) is 23.2. The molecule has 1 aromatic carbocycles. The highest BCUT2D eigenvalue weighted by Gasteiger charge is 2.79. The van der Waals surface area contributed by atoms with Gasteiger partial charge in [-0.1, -0.05) is 0 Å². The number of ether oxygens (including phenoxy) is 2. The predicted molar refractivity (Wildman–Crippen MR) is 101 cm³/mol. The maximum absolute atomic E-state index is 13.5. The number of alkyl halides is 3. The van der Waals surface area contributed by atoms with Gasteiger partial charge in [0.2, 0.25) is 5.91 Å². The Hall–Kier alpha value is -2.84. The number of anilines is 1. The van der Waals surface area contributed by atoms with E-state index in [1.807, 2.05) is 0 Å². The van der Waals surface area contributed by atoms with Crippen LogP contribution < -0.4 is 4.90 Å². The zero-order valence-corrected chi connectivity index (χ0v) is 17.2. The van der Waals surface area contributed by atoms with Gasteiger partial charge in [0.05, 0.1) is 52.9 Å². The highest BCUT2D eigenvalue weighted by Crippen LogP contribution is 2.66. The largest absolute Gasteiger partial charge is 0.465 e. The van der Waals surface area contributed by atoms with Gasteiger partial charge in [-0.3, -0.25) is 9.69 Å². The van der Waals surface area contributed by atoms with E-state index in [9.17, 15) is 27.9 Å². The molecule has 0 aromatic heterocycles. The van der Waals surface area contributed by atoms with Crippen molar-refractivity contribution in [2.45, 2.75) is 49.4 Å². The molecule has 4 fully saturated rings. The van der Waals surface area contributed by atoms with Crippen molar-refractivity contribution in [2.24, 2.45) is 11.8 Å². The molecule has 0 aliphatic carbocycles. The van der Waals surface area contributed by atoms with Crippen LogP contribution in [0.1, 0.15) is 30.9 Å². The minimum atomic E-state index is -4.77. The number of carboxylic acid groups (broad SMARTS) is 1. The zero-order valence-electron chi connectivity index (χ0n) is 17.2. The van der Waals surface area contributed by atoms with Gasteiger partial charge in [0, 0.05) is 25.6 Å². The Morgan fingerprint density at radius 2 is 2.12 bits per heavy atom. The van der Waals surface area contributed by atoms with Crippen LogP contribution in [0.4, 0.5) is 23.7 Å². The number of nitriles is 1. The SMILES string of the molecule is CN(C(=O)O)[C@H]1C[C@]2(C)O[C@]13CCO[C@@H]1[C@H]3[C@H]2C(=O)N1c1ccc(C#N)c(C(F)(F)F)c1. The lowest BCUT2D eigenvalue weighted by molar-refractivity contribution is -0.151. The lowest BCUT2D eigenvalue weighted by Gasteiger charge is -2.47. The molecular formula is C21H20F3N3O5. The van der Waals surface area contributed by atoms with Gasteiger partial charge in [-0.2, -0.15) is 18.4 Å². The Morgan fingerprint density at radius 1 is 1.41 bits per heavy atom. The summed E-state index contributed by atoms with van der Waals surface area (Å²) in [5.74, 6) is -1.61. The van der Waals surface area contributed by atoms with Crippen molar-refractivity contribution in [2.75, 3.05) is 18.6 Å². The van der Waals surface area contributed by atoms with E-state index in [0.717, 1.165) is 12.1 Å². The molecule has 6 atom stereocenters. The van der Waals surface area contributed by atoms with Crippen LogP contribution in [-0.2, 0) is 20.4 Å². The Bertz CT molecular complexity index is 1070. The summed E-state index contributed by atoms with van der Waals surface area (Å²) in [6.07, 6.45) is -6.08. The van der Waals surface area contributed by atoms with Gasteiger partial charge in [-0.25, -0.2) is 4.79 Å². The minimum absolute atomic E-state index is 0.0103. The first-order valence-electron chi connectivity index (χ1n) is 10.2. The number of likely N-dealkylation sites (N-methyl/N-ethyl adjacent to an activating group) is 1. The third kappa shape index (κ3) is 2.50. The van der Waals surface area contributed by atoms with Crippen molar-refractivity contribution in [3.8, 4) is 6.07 Å². The van der Waals surface area contributed by atoms with Crippen LogP contribution in [-0.4, -0.2) is 59.1 Å². The van der Waals surface area contributed by atoms with Crippen molar-refractivity contribution in [1.82, 2.24) is 4.90 Å². The summed E-state index contributed by atoms with van der Waals surface area (Å²) in [7, 11) is 1.46. The molecule has 0 unspecified atom stereocenters. The number of nitrogens with zero attached hydrogens (tertiary/aromatic N) is 3. The van der Waals surface area contributed by atoms with Crippen molar-refractivity contribution < 1.29 is 37.3 Å². The second kappa shape index (κ2) is 6.36. The summed E-state index contributed by atoms with van der Waals surface area (Å²) in [4.78, 5) is 27.6. The Kier molecular flexibility index (Phi) is 4.18. The van der Waals surface area contributed by atoms with Crippen LogP contribution in [0.15, 0.2) is 18.2 Å². The van der Waals surface area contributed by atoms with E-state index in [1.54, 1.807) is 6.92 Å². The summed E-state index contributed by atoms with van der Waals surface area (Å²) in [5, 5.41) is 18.6. The molecule has 2 amide bonds. The fraction of sp³-hybridized carbons (Fsp3) is 0.571. The van der Waals surface area contributed by atoms with Crippen molar-refractivity contribution >= 4 is 17.7 Å². The number of fused-ring (bicyclic) bond motifs is 2. The van der Waals surface area contributed by atoms with Crippen LogP contribution in [0.25, 0.3) is 0 Å². The maximum atomic E-state index is 13.5. The van der Waals surface area contributed by atoms with Gasteiger partial charge >= 0.3 is 12.3 Å². The number of hydrogen-bond acceptors (Lipinski definition) is 5. The van der Waals surface area contributed by atoms with Crippen molar-refractivity contribution in [3.63, 3.8) is 0 Å². The Balaban J connectivity index is 1.60. The lowest BCUT2D eigenvalue weighted by atomic mass is 9.63. The normalized spacial score (nSPS) is 37.4. The van der Waals surface area contributed by atoms with Crippen LogP contribution in [0, 0.1) is 23.2 Å². The van der Waals surface area contributed by atoms with Crippen LogP contribution >= 0.6 is 0 Å². The molecule has 4 saturated heterocycles. The molecule has 4 aliphatic rings. The highest BCUT2D eigenvalue weighted by molar-refractivity contribution is 6.00. The molecular weight excluding hydrogens is 431 g/mol. The topological polar surface area (TPSA) is 103 Å². The van der Waals surface area contributed by atoms with E-state index in [2.05, 4.69) is 0 Å². The number of rotatable bonds is 2.